The third-order valence-corrected chi connectivity index (χ3v) is 5.79. The summed E-state index contributed by atoms with van der Waals surface area (Å²) in [5, 5.41) is 3.51. The minimum atomic E-state index is 0.467. The Morgan fingerprint density at radius 3 is 2.62 bits per heavy atom. The Bertz CT molecular complexity index is 304. The van der Waals surface area contributed by atoms with E-state index in [1.165, 1.54) is 70.9 Å². The van der Waals surface area contributed by atoms with Crippen molar-refractivity contribution < 1.29 is 4.74 Å². The lowest BCUT2D eigenvalue weighted by Crippen LogP contribution is -2.40. The van der Waals surface area contributed by atoms with E-state index in [-0.39, 0.29) is 0 Å². The van der Waals surface area contributed by atoms with Gasteiger partial charge in [-0.25, -0.2) is 0 Å². The van der Waals surface area contributed by atoms with Gasteiger partial charge in [0.15, 0.2) is 0 Å². The van der Waals surface area contributed by atoms with Crippen LogP contribution in [0, 0.1) is 5.92 Å². The minimum absolute atomic E-state index is 0.467. The van der Waals surface area contributed by atoms with Crippen LogP contribution in [-0.2, 0) is 4.74 Å². The fourth-order valence-corrected chi connectivity index (χ4v) is 4.72. The Balaban J connectivity index is 1.41. The van der Waals surface area contributed by atoms with Crippen molar-refractivity contribution in [2.75, 3.05) is 26.2 Å². The molecule has 0 radical (unpaired) electrons. The molecule has 3 rings (SSSR count). The van der Waals surface area contributed by atoms with Crippen molar-refractivity contribution in [2.24, 2.45) is 5.92 Å². The molecule has 0 aromatic carbocycles. The predicted octanol–water partition coefficient (Wildman–Crippen LogP) is 3.19. The minimum Gasteiger partial charge on any atom is -0.372 e. The van der Waals surface area contributed by atoms with Crippen molar-refractivity contribution in [2.45, 2.75) is 83.0 Å². The Labute approximate surface area is 130 Å². The molecular weight excluding hydrogens is 260 g/mol. The largest absolute Gasteiger partial charge is 0.372 e. The summed E-state index contributed by atoms with van der Waals surface area (Å²) in [5.41, 5.74) is 0. The van der Waals surface area contributed by atoms with Crippen molar-refractivity contribution in [3.8, 4) is 0 Å². The number of rotatable bonds is 7. The molecular formula is C18H34N2O. The summed E-state index contributed by atoms with van der Waals surface area (Å²) in [5.74, 6) is 0.996. The van der Waals surface area contributed by atoms with Crippen LogP contribution < -0.4 is 5.32 Å². The Hall–Kier alpha value is -0.120. The molecule has 1 saturated carbocycles. The van der Waals surface area contributed by atoms with E-state index in [0.717, 1.165) is 25.0 Å². The number of ether oxygens (including phenoxy) is 1. The smallest absolute Gasteiger partial charge is 0.0707 e. The highest BCUT2D eigenvalue weighted by Gasteiger charge is 2.35. The third kappa shape index (κ3) is 4.20. The first-order chi connectivity index (χ1) is 10.4. The number of hydrogen-bond acceptors (Lipinski definition) is 3. The van der Waals surface area contributed by atoms with Gasteiger partial charge >= 0.3 is 0 Å². The molecule has 0 amide bonds. The number of hydrogen-bond donors (Lipinski definition) is 1. The van der Waals surface area contributed by atoms with E-state index in [2.05, 4.69) is 17.1 Å². The Morgan fingerprint density at radius 2 is 1.81 bits per heavy atom. The molecule has 1 N–H and O–H groups in total. The molecule has 3 nitrogen and oxygen atoms in total. The van der Waals surface area contributed by atoms with Crippen molar-refractivity contribution in [3.05, 3.63) is 0 Å². The highest BCUT2D eigenvalue weighted by atomic mass is 16.5. The van der Waals surface area contributed by atoms with Crippen LogP contribution in [0.2, 0.25) is 0 Å². The summed E-state index contributed by atoms with van der Waals surface area (Å²) >= 11 is 0. The predicted molar refractivity (Wildman–Crippen MR) is 87.6 cm³/mol. The van der Waals surface area contributed by atoms with Crippen LogP contribution in [0.3, 0.4) is 0 Å². The highest BCUT2D eigenvalue weighted by molar-refractivity contribution is 4.89. The first-order valence-electron chi connectivity index (χ1n) is 9.47. The van der Waals surface area contributed by atoms with E-state index in [0.29, 0.717) is 12.2 Å². The molecule has 3 aliphatic rings. The Kier molecular flexibility index (Phi) is 5.96. The first-order valence-corrected chi connectivity index (χ1v) is 9.47. The van der Waals surface area contributed by atoms with Crippen molar-refractivity contribution in [1.29, 1.82) is 0 Å². The third-order valence-electron chi connectivity index (χ3n) is 5.79. The van der Waals surface area contributed by atoms with Gasteiger partial charge < -0.3 is 10.1 Å². The van der Waals surface area contributed by atoms with Crippen molar-refractivity contribution in [1.82, 2.24) is 10.2 Å². The van der Waals surface area contributed by atoms with E-state index in [9.17, 15) is 0 Å². The van der Waals surface area contributed by atoms with E-state index >= 15 is 0 Å². The monoisotopic (exact) mass is 294 g/mol. The van der Waals surface area contributed by atoms with Gasteiger partial charge in [0.25, 0.3) is 0 Å². The van der Waals surface area contributed by atoms with Gasteiger partial charge in [-0.15, -0.1) is 0 Å². The molecule has 0 aromatic rings. The zero-order chi connectivity index (χ0) is 14.5. The summed E-state index contributed by atoms with van der Waals surface area (Å²) < 4.78 is 6.28. The molecule has 0 bridgehead atoms. The molecule has 3 fully saturated rings. The summed E-state index contributed by atoms with van der Waals surface area (Å²) in [7, 11) is 0. The second kappa shape index (κ2) is 7.94. The lowest BCUT2D eigenvalue weighted by Gasteiger charge is -2.31. The van der Waals surface area contributed by atoms with Gasteiger partial charge in [-0.3, -0.25) is 4.90 Å². The fraction of sp³-hybridized carbons (Fsp3) is 1.00. The molecule has 3 atom stereocenters. The number of nitrogens with zero attached hydrogens (tertiary/aromatic N) is 1. The molecule has 2 aliphatic heterocycles. The summed E-state index contributed by atoms with van der Waals surface area (Å²) in [4.78, 5) is 2.78. The van der Waals surface area contributed by atoms with Gasteiger partial charge in [-0.1, -0.05) is 19.8 Å². The molecule has 1 aliphatic carbocycles. The van der Waals surface area contributed by atoms with E-state index < -0.39 is 0 Å². The van der Waals surface area contributed by atoms with Crippen LogP contribution in [0.25, 0.3) is 0 Å². The van der Waals surface area contributed by atoms with Gasteiger partial charge in [0.2, 0.25) is 0 Å². The topological polar surface area (TPSA) is 24.5 Å². The van der Waals surface area contributed by atoms with E-state index in [1.54, 1.807) is 0 Å². The van der Waals surface area contributed by atoms with Crippen LogP contribution in [0.4, 0.5) is 0 Å². The van der Waals surface area contributed by atoms with Gasteiger partial charge in [-0.05, 0) is 64.0 Å². The standard InChI is InChI=1S/C18H34N2O/c1-2-11-19-13-16-9-10-17(21-16)14-20-12-5-8-18(20)15-6-3-4-7-15/h15-19H,2-14H2,1H3. The van der Waals surface area contributed by atoms with E-state index in [1.807, 2.05) is 0 Å². The average molecular weight is 294 g/mol. The van der Waals surface area contributed by atoms with Gasteiger partial charge in [0.1, 0.15) is 0 Å². The highest BCUT2D eigenvalue weighted by Crippen LogP contribution is 2.36. The lowest BCUT2D eigenvalue weighted by atomic mass is 9.96. The normalized spacial score (nSPS) is 35.0. The number of nitrogens with one attached hydrogen (secondary N) is 1. The second-order valence-corrected chi connectivity index (χ2v) is 7.41. The van der Waals surface area contributed by atoms with Gasteiger partial charge in [-0.2, -0.15) is 0 Å². The molecule has 0 aromatic heterocycles. The van der Waals surface area contributed by atoms with Crippen molar-refractivity contribution >= 4 is 0 Å². The molecule has 3 unspecified atom stereocenters. The van der Waals surface area contributed by atoms with Gasteiger partial charge in [0, 0.05) is 19.1 Å². The van der Waals surface area contributed by atoms with Crippen molar-refractivity contribution in [3.63, 3.8) is 0 Å². The Morgan fingerprint density at radius 1 is 1.00 bits per heavy atom. The van der Waals surface area contributed by atoms with Crippen LogP contribution in [-0.4, -0.2) is 49.3 Å². The SMILES string of the molecule is CCCNCC1CCC(CN2CCCC2C2CCCC2)O1. The molecule has 2 saturated heterocycles. The zero-order valence-corrected chi connectivity index (χ0v) is 13.9. The van der Waals surface area contributed by atoms with E-state index in [4.69, 9.17) is 4.74 Å². The molecule has 3 heteroatoms. The van der Waals surface area contributed by atoms with Gasteiger partial charge in [0.05, 0.1) is 12.2 Å². The average Bonchev–Trinajstić information content (AvgIpc) is 3.20. The maximum Gasteiger partial charge on any atom is 0.0707 e. The summed E-state index contributed by atoms with van der Waals surface area (Å²) in [6.07, 6.45) is 13.5. The zero-order valence-electron chi connectivity index (χ0n) is 13.9. The fourth-order valence-electron chi connectivity index (χ4n) is 4.72. The molecule has 122 valence electrons. The molecule has 0 spiro atoms. The second-order valence-electron chi connectivity index (χ2n) is 7.41. The van der Waals surface area contributed by atoms with Crippen LogP contribution in [0.5, 0.6) is 0 Å². The maximum absolute atomic E-state index is 6.28. The summed E-state index contributed by atoms with van der Waals surface area (Å²) in [6.45, 7) is 6.92. The number of likely N-dealkylation sites (tertiary alicyclic amines) is 1. The first kappa shape index (κ1) is 15.8. The lowest BCUT2D eigenvalue weighted by molar-refractivity contribution is 0.0162. The maximum atomic E-state index is 6.28. The van der Waals surface area contributed by atoms with Crippen LogP contribution >= 0.6 is 0 Å². The molecule has 21 heavy (non-hydrogen) atoms. The quantitative estimate of drug-likeness (QED) is 0.730. The van der Waals surface area contributed by atoms with Crippen LogP contribution in [0.15, 0.2) is 0 Å². The molecule has 2 heterocycles. The summed E-state index contributed by atoms with van der Waals surface area (Å²) in [6, 6.07) is 0.883. The van der Waals surface area contributed by atoms with Crippen LogP contribution in [0.1, 0.15) is 64.7 Å².